The molecule has 140 valence electrons. The SMILES string of the molecule is COc1ccc(Cl)cc1S(=O)(=O)N(C)CC(=O)NCc1cccc(C)c1. The predicted octanol–water partition coefficient (Wildman–Crippen LogP) is 2.59. The zero-order chi connectivity index (χ0) is 19.3. The van der Waals surface area contributed by atoms with Gasteiger partial charge in [-0.05, 0) is 30.7 Å². The highest BCUT2D eigenvalue weighted by atomic mass is 35.5. The normalized spacial score (nSPS) is 11.4. The van der Waals surface area contributed by atoms with Crippen LogP contribution in [0.2, 0.25) is 5.02 Å². The van der Waals surface area contributed by atoms with E-state index < -0.39 is 15.9 Å². The van der Waals surface area contributed by atoms with Gasteiger partial charge in [-0.2, -0.15) is 4.31 Å². The number of rotatable bonds is 7. The quantitative estimate of drug-likeness (QED) is 0.780. The van der Waals surface area contributed by atoms with E-state index in [-0.39, 0.29) is 22.2 Å². The van der Waals surface area contributed by atoms with E-state index in [4.69, 9.17) is 16.3 Å². The van der Waals surface area contributed by atoms with E-state index in [2.05, 4.69) is 5.32 Å². The minimum Gasteiger partial charge on any atom is -0.495 e. The predicted molar refractivity (Wildman–Crippen MR) is 101 cm³/mol. The average molecular weight is 397 g/mol. The van der Waals surface area contributed by atoms with Gasteiger partial charge in [0.1, 0.15) is 10.6 Å². The Labute approximate surface area is 158 Å². The van der Waals surface area contributed by atoms with Crippen molar-refractivity contribution in [1.82, 2.24) is 9.62 Å². The summed E-state index contributed by atoms with van der Waals surface area (Å²) in [6.07, 6.45) is 0. The maximum atomic E-state index is 12.7. The summed E-state index contributed by atoms with van der Waals surface area (Å²) >= 11 is 5.90. The molecule has 0 heterocycles. The summed E-state index contributed by atoms with van der Waals surface area (Å²) in [6, 6.07) is 12.0. The van der Waals surface area contributed by atoms with E-state index in [0.29, 0.717) is 6.54 Å². The summed E-state index contributed by atoms with van der Waals surface area (Å²) in [5.74, 6) is -0.236. The van der Waals surface area contributed by atoms with Crippen LogP contribution < -0.4 is 10.1 Å². The fraction of sp³-hybridized carbons (Fsp3) is 0.278. The molecular weight excluding hydrogens is 376 g/mol. The molecule has 2 aromatic carbocycles. The standard InChI is InChI=1S/C18H21ClN2O4S/c1-13-5-4-6-14(9-13)11-20-18(22)12-21(2)26(23,24)17-10-15(19)7-8-16(17)25-3/h4-10H,11-12H2,1-3H3,(H,20,22). The van der Waals surface area contributed by atoms with Crippen LogP contribution in [0.5, 0.6) is 5.75 Å². The van der Waals surface area contributed by atoms with Gasteiger partial charge in [0.05, 0.1) is 13.7 Å². The van der Waals surface area contributed by atoms with E-state index in [0.717, 1.165) is 15.4 Å². The van der Waals surface area contributed by atoms with Gasteiger partial charge in [-0.15, -0.1) is 0 Å². The van der Waals surface area contributed by atoms with Gasteiger partial charge in [-0.1, -0.05) is 41.4 Å². The molecule has 0 aromatic heterocycles. The number of sulfonamides is 1. The molecule has 1 N–H and O–H groups in total. The van der Waals surface area contributed by atoms with E-state index in [1.54, 1.807) is 0 Å². The van der Waals surface area contributed by atoms with E-state index in [9.17, 15) is 13.2 Å². The van der Waals surface area contributed by atoms with E-state index >= 15 is 0 Å². The van der Waals surface area contributed by atoms with Gasteiger partial charge in [-0.25, -0.2) is 8.42 Å². The van der Waals surface area contributed by atoms with Crippen molar-refractivity contribution in [3.05, 3.63) is 58.6 Å². The lowest BCUT2D eigenvalue weighted by atomic mass is 10.1. The molecule has 0 aliphatic rings. The van der Waals surface area contributed by atoms with Crippen LogP contribution in [-0.4, -0.2) is 39.3 Å². The third-order valence-electron chi connectivity index (χ3n) is 3.75. The Morgan fingerprint density at radius 1 is 1.23 bits per heavy atom. The van der Waals surface area contributed by atoms with Crippen LogP contribution in [0.4, 0.5) is 0 Å². The van der Waals surface area contributed by atoms with Gasteiger partial charge in [0.2, 0.25) is 15.9 Å². The molecule has 6 nitrogen and oxygen atoms in total. The van der Waals surface area contributed by atoms with Gasteiger partial charge in [0, 0.05) is 18.6 Å². The Balaban J connectivity index is 2.07. The monoisotopic (exact) mass is 396 g/mol. The molecule has 2 aromatic rings. The number of methoxy groups -OCH3 is 1. The first kappa shape index (κ1) is 20.2. The summed E-state index contributed by atoms with van der Waals surface area (Å²) in [7, 11) is -1.22. The molecule has 0 unspecified atom stereocenters. The first-order valence-electron chi connectivity index (χ1n) is 7.86. The molecule has 0 fully saturated rings. The highest BCUT2D eigenvalue weighted by Gasteiger charge is 2.26. The smallest absolute Gasteiger partial charge is 0.247 e. The number of aryl methyl sites for hydroxylation is 1. The van der Waals surface area contributed by atoms with Crippen molar-refractivity contribution < 1.29 is 17.9 Å². The van der Waals surface area contributed by atoms with Gasteiger partial charge < -0.3 is 10.1 Å². The number of amides is 1. The maximum Gasteiger partial charge on any atom is 0.247 e. The molecule has 0 aliphatic heterocycles. The molecule has 0 spiro atoms. The van der Waals surface area contributed by atoms with Gasteiger partial charge >= 0.3 is 0 Å². The fourth-order valence-electron chi connectivity index (χ4n) is 2.39. The highest BCUT2D eigenvalue weighted by Crippen LogP contribution is 2.28. The third-order valence-corrected chi connectivity index (χ3v) is 5.81. The number of carbonyl (C=O) groups excluding carboxylic acids is 1. The summed E-state index contributed by atoms with van der Waals surface area (Å²) < 4.78 is 31.5. The van der Waals surface area contributed by atoms with Gasteiger partial charge in [0.15, 0.2) is 0 Å². The highest BCUT2D eigenvalue weighted by molar-refractivity contribution is 7.89. The average Bonchev–Trinajstić information content (AvgIpc) is 2.60. The number of nitrogens with zero attached hydrogens (tertiary/aromatic N) is 1. The van der Waals surface area contributed by atoms with Gasteiger partial charge in [0.25, 0.3) is 0 Å². The molecule has 26 heavy (non-hydrogen) atoms. The lowest BCUT2D eigenvalue weighted by molar-refractivity contribution is -0.121. The van der Waals surface area contributed by atoms with Crippen LogP contribution in [0.1, 0.15) is 11.1 Å². The number of nitrogens with one attached hydrogen (secondary N) is 1. The van der Waals surface area contributed by atoms with Crippen LogP contribution in [0.25, 0.3) is 0 Å². The summed E-state index contributed by atoms with van der Waals surface area (Å²) in [4.78, 5) is 12.1. The van der Waals surface area contributed by atoms with Crippen molar-refractivity contribution in [2.45, 2.75) is 18.4 Å². The minimum absolute atomic E-state index is 0.0820. The molecule has 2 rings (SSSR count). The molecule has 0 bridgehead atoms. The maximum absolute atomic E-state index is 12.7. The number of hydrogen-bond donors (Lipinski definition) is 1. The Morgan fingerprint density at radius 2 is 1.96 bits per heavy atom. The van der Waals surface area contributed by atoms with Crippen molar-refractivity contribution in [3.8, 4) is 5.75 Å². The Bertz CT molecular complexity index is 900. The van der Waals surface area contributed by atoms with Crippen LogP contribution in [0, 0.1) is 6.92 Å². The number of halogens is 1. The van der Waals surface area contributed by atoms with Crippen molar-refractivity contribution >= 4 is 27.5 Å². The zero-order valence-electron chi connectivity index (χ0n) is 14.8. The van der Waals surface area contributed by atoms with E-state index in [1.165, 1.54) is 32.4 Å². The fourth-order valence-corrected chi connectivity index (χ4v) is 3.93. The molecule has 0 radical (unpaired) electrons. The third kappa shape index (κ3) is 4.97. The Kier molecular flexibility index (Phi) is 6.63. The van der Waals surface area contributed by atoms with Crippen molar-refractivity contribution in [2.75, 3.05) is 20.7 Å². The number of benzene rings is 2. The molecule has 1 amide bonds. The topological polar surface area (TPSA) is 75.7 Å². The van der Waals surface area contributed by atoms with E-state index in [1.807, 2.05) is 31.2 Å². The number of carbonyl (C=O) groups is 1. The molecule has 0 atom stereocenters. The summed E-state index contributed by atoms with van der Waals surface area (Å²) in [6.45, 7) is 1.97. The first-order chi connectivity index (χ1) is 12.2. The van der Waals surface area contributed by atoms with Gasteiger partial charge in [-0.3, -0.25) is 4.79 Å². The second-order valence-corrected chi connectivity index (χ2v) is 8.27. The lowest BCUT2D eigenvalue weighted by Crippen LogP contribution is -2.38. The van der Waals surface area contributed by atoms with Crippen molar-refractivity contribution in [3.63, 3.8) is 0 Å². The molecule has 8 heteroatoms. The summed E-state index contributed by atoms with van der Waals surface area (Å²) in [5, 5.41) is 2.98. The Hall–Kier alpha value is -2.09. The van der Waals surface area contributed by atoms with Crippen LogP contribution in [-0.2, 0) is 21.4 Å². The number of ether oxygens (including phenoxy) is 1. The minimum atomic E-state index is -3.93. The number of likely N-dealkylation sites (N-methyl/N-ethyl adjacent to an activating group) is 1. The van der Waals surface area contributed by atoms with Crippen molar-refractivity contribution in [2.24, 2.45) is 0 Å². The number of hydrogen-bond acceptors (Lipinski definition) is 4. The zero-order valence-corrected chi connectivity index (χ0v) is 16.4. The second kappa shape index (κ2) is 8.53. The summed E-state index contributed by atoms with van der Waals surface area (Å²) in [5.41, 5.74) is 2.03. The molecule has 0 saturated carbocycles. The second-order valence-electron chi connectivity index (χ2n) is 5.82. The largest absolute Gasteiger partial charge is 0.495 e. The first-order valence-corrected chi connectivity index (χ1v) is 9.68. The molecule has 0 aliphatic carbocycles. The van der Waals surface area contributed by atoms with Crippen LogP contribution in [0.3, 0.4) is 0 Å². The van der Waals surface area contributed by atoms with Crippen molar-refractivity contribution in [1.29, 1.82) is 0 Å². The van der Waals surface area contributed by atoms with Crippen LogP contribution in [0.15, 0.2) is 47.4 Å². The lowest BCUT2D eigenvalue weighted by Gasteiger charge is -2.18. The van der Waals surface area contributed by atoms with Crippen LogP contribution >= 0.6 is 11.6 Å². The molecule has 0 saturated heterocycles. The molecular formula is C18H21ClN2O4S. The Morgan fingerprint density at radius 3 is 2.62 bits per heavy atom.